The molecule has 15 heteroatoms. The fourth-order valence-electron chi connectivity index (χ4n) is 3.08. The van der Waals surface area contributed by atoms with Crippen molar-refractivity contribution in [3.05, 3.63) is 58.6 Å². The Bertz CT molecular complexity index is 1330. The van der Waals surface area contributed by atoms with Gasteiger partial charge >= 0.3 is 23.9 Å². The van der Waals surface area contributed by atoms with Crippen LogP contribution in [0, 0.1) is 0 Å². The van der Waals surface area contributed by atoms with Crippen LogP contribution >= 0.6 is 23.5 Å². The van der Waals surface area contributed by atoms with E-state index in [-0.39, 0.29) is 21.4 Å². The van der Waals surface area contributed by atoms with Crippen molar-refractivity contribution in [2.75, 3.05) is 21.3 Å². The van der Waals surface area contributed by atoms with Gasteiger partial charge in [-0.15, -0.1) is 0 Å². The van der Waals surface area contributed by atoms with Gasteiger partial charge < -0.3 is 21.3 Å². The van der Waals surface area contributed by atoms with E-state index in [9.17, 15) is 41.1 Å². The van der Waals surface area contributed by atoms with Gasteiger partial charge in [-0.3, -0.25) is 19.2 Å². The van der Waals surface area contributed by atoms with E-state index in [1.165, 1.54) is 36.4 Å². The second-order valence-electron chi connectivity index (χ2n) is 7.92. The molecule has 0 aromatic heterocycles. The largest absolute Gasteiger partial charge is 0.454 e. The Morgan fingerprint density at radius 2 is 1.16 bits per heavy atom. The Balaban J connectivity index is 1.37. The molecule has 0 fully saturated rings. The molecule has 4 rings (SSSR count). The molecule has 2 aliphatic heterocycles. The van der Waals surface area contributed by atoms with Crippen LogP contribution in [0.25, 0.3) is 0 Å². The Morgan fingerprint density at radius 3 is 1.55 bits per heavy atom. The number of anilines is 4. The van der Waals surface area contributed by atoms with Gasteiger partial charge in [0.15, 0.2) is 0 Å². The van der Waals surface area contributed by atoms with Crippen LogP contribution in [-0.2, 0) is 19.2 Å². The molecule has 0 radical (unpaired) electrons. The quantitative estimate of drug-likeness (QED) is 0.216. The maximum atomic E-state index is 13.1. The molecule has 4 N–H and O–H groups in total. The Labute approximate surface area is 219 Å². The molecule has 0 saturated heterocycles. The molecular weight excluding hydrogens is 555 g/mol. The number of alkyl halides is 5. The lowest BCUT2D eigenvalue weighted by Crippen LogP contribution is -2.29. The van der Waals surface area contributed by atoms with Crippen LogP contribution in [0.5, 0.6) is 0 Å². The van der Waals surface area contributed by atoms with E-state index in [2.05, 4.69) is 21.3 Å². The number of carbonyl (C=O) groups excluding carboxylic acids is 4. The third kappa shape index (κ3) is 6.34. The molecule has 38 heavy (non-hydrogen) atoms. The first-order chi connectivity index (χ1) is 17.7. The zero-order valence-electron chi connectivity index (χ0n) is 19.0. The molecule has 2 aromatic carbocycles. The summed E-state index contributed by atoms with van der Waals surface area (Å²) in [5.74, 6) is -8.97. The van der Waals surface area contributed by atoms with Gasteiger partial charge in [-0.25, -0.2) is 0 Å². The second-order valence-corrected chi connectivity index (χ2v) is 10.1. The van der Waals surface area contributed by atoms with E-state index in [1.54, 1.807) is 0 Å². The summed E-state index contributed by atoms with van der Waals surface area (Å²) in [6.07, 6.45) is -3.79. The highest BCUT2D eigenvalue weighted by Gasteiger charge is 2.37. The fourth-order valence-corrected chi connectivity index (χ4v) is 5.04. The number of thioether (sulfide) groups is 2. The minimum Gasteiger partial charge on any atom is -0.349 e. The highest BCUT2D eigenvalue weighted by molar-refractivity contribution is 8.04. The lowest BCUT2D eigenvalue weighted by Gasteiger charge is -2.08. The second kappa shape index (κ2) is 10.1. The van der Waals surface area contributed by atoms with Crippen molar-refractivity contribution < 1.29 is 41.1 Å². The van der Waals surface area contributed by atoms with Crippen molar-refractivity contribution in [1.29, 1.82) is 0 Å². The number of rotatable bonds is 5. The summed E-state index contributed by atoms with van der Waals surface area (Å²) < 4.78 is 63.7. The molecule has 0 unspecified atom stereocenters. The average Bonchev–Trinajstić information content (AvgIpc) is 3.39. The molecule has 2 aromatic rings. The number of ketones is 2. The average molecular weight is 571 g/mol. The van der Waals surface area contributed by atoms with E-state index in [4.69, 9.17) is 0 Å². The van der Waals surface area contributed by atoms with Gasteiger partial charge in [0.05, 0.1) is 21.4 Å². The summed E-state index contributed by atoms with van der Waals surface area (Å²) in [6.45, 7) is 0.492. The maximum Gasteiger partial charge on any atom is 0.454 e. The first-order valence-electron chi connectivity index (χ1n) is 10.5. The number of hydrogen-bond acceptors (Lipinski definition) is 8. The molecule has 198 valence electrons. The molecule has 0 bridgehead atoms. The Kier molecular flexibility index (Phi) is 7.25. The lowest BCUT2D eigenvalue weighted by molar-refractivity contribution is -0.165. The van der Waals surface area contributed by atoms with Crippen molar-refractivity contribution >= 4 is 69.7 Å². The van der Waals surface area contributed by atoms with Gasteiger partial charge in [0, 0.05) is 40.2 Å². The third-order valence-electron chi connectivity index (χ3n) is 4.88. The smallest absolute Gasteiger partial charge is 0.349 e. The van der Waals surface area contributed by atoms with Crippen molar-refractivity contribution in [2.45, 2.75) is 28.8 Å². The number of fused-ring (bicyclic) bond motifs is 2. The monoisotopic (exact) mass is 570 g/mol. The van der Waals surface area contributed by atoms with Crippen molar-refractivity contribution in [3.63, 3.8) is 0 Å². The van der Waals surface area contributed by atoms with Crippen LogP contribution in [-0.4, -0.2) is 35.5 Å². The first-order valence-corrected chi connectivity index (χ1v) is 12.1. The number of hydrogen-bond donors (Lipinski definition) is 4. The molecule has 2 amide bonds. The van der Waals surface area contributed by atoms with E-state index in [0.29, 0.717) is 34.2 Å². The van der Waals surface area contributed by atoms with E-state index in [1.807, 2.05) is 0 Å². The van der Waals surface area contributed by atoms with Crippen LogP contribution in [0.3, 0.4) is 0 Å². The fraction of sp³-hybridized carbons (Fsp3) is 0.130. The Morgan fingerprint density at radius 1 is 0.737 bits per heavy atom. The van der Waals surface area contributed by atoms with Gasteiger partial charge in [-0.05, 0) is 36.4 Å². The standard InChI is InChI=1S/C23H15F5N4O4S2/c1-22(24,25)16(33)8-18-31-12-4-2-10(6-14(12)37-18)29-20(35)21(36)30-11-3-5-13-15(7-11)38-19(32-13)9-17(34)23(26,27)28/h2-9,31-32H,1H3,(H,29,35)(H,30,36)/b18-8+,19-9+. The Hall–Kier alpha value is -3.85. The van der Waals surface area contributed by atoms with E-state index >= 15 is 0 Å². The van der Waals surface area contributed by atoms with Crippen LogP contribution in [0.4, 0.5) is 44.7 Å². The summed E-state index contributed by atoms with van der Waals surface area (Å²) in [5, 5.41) is 10.4. The third-order valence-corrected chi connectivity index (χ3v) is 6.87. The van der Waals surface area contributed by atoms with Crippen molar-refractivity contribution in [1.82, 2.24) is 0 Å². The molecular formula is C23H15F5N4O4S2. The van der Waals surface area contributed by atoms with Gasteiger partial charge in [-0.1, -0.05) is 23.5 Å². The molecule has 8 nitrogen and oxygen atoms in total. The van der Waals surface area contributed by atoms with Gasteiger partial charge in [0.2, 0.25) is 5.78 Å². The number of nitrogens with one attached hydrogen (secondary N) is 4. The van der Waals surface area contributed by atoms with Gasteiger partial charge in [0.1, 0.15) is 0 Å². The number of halogens is 5. The van der Waals surface area contributed by atoms with Crippen LogP contribution in [0.2, 0.25) is 0 Å². The molecule has 0 aliphatic carbocycles. The first kappa shape index (κ1) is 27.2. The molecule has 2 aliphatic rings. The SMILES string of the molecule is CC(F)(F)C(=O)/C=C1\Nc2ccc(NC(=O)C(=O)Nc3ccc4c(c3)S/C(=C/C(=O)C(F)(F)F)N4)cc2S1. The molecule has 2 heterocycles. The zero-order chi connectivity index (χ0) is 27.8. The van der Waals surface area contributed by atoms with Crippen LogP contribution in [0.15, 0.2) is 68.4 Å². The van der Waals surface area contributed by atoms with Gasteiger partial charge in [-0.2, -0.15) is 22.0 Å². The summed E-state index contributed by atoms with van der Waals surface area (Å²) in [5.41, 5.74) is 1.35. The summed E-state index contributed by atoms with van der Waals surface area (Å²) in [6, 6.07) is 8.78. The molecule has 0 atom stereocenters. The zero-order valence-corrected chi connectivity index (χ0v) is 20.6. The number of amides is 2. The topological polar surface area (TPSA) is 116 Å². The van der Waals surface area contributed by atoms with Crippen LogP contribution < -0.4 is 21.3 Å². The normalized spacial score (nSPS) is 16.4. The van der Waals surface area contributed by atoms with E-state index < -0.39 is 35.5 Å². The molecule has 0 saturated carbocycles. The number of benzene rings is 2. The van der Waals surface area contributed by atoms with Crippen molar-refractivity contribution in [3.8, 4) is 0 Å². The number of allylic oxidation sites excluding steroid dienone is 2. The lowest BCUT2D eigenvalue weighted by atomic mass is 10.2. The summed E-state index contributed by atoms with van der Waals surface area (Å²) >= 11 is 1.85. The van der Waals surface area contributed by atoms with E-state index in [0.717, 1.165) is 29.6 Å². The predicted molar refractivity (Wildman–Crippen MR) is 132 cm³/mol. The van der Waals surface area contributed by atoms with Crippen LogP contribution in [0.1, 0.15) is 6.92 Å². The highest BCUT2D eigenvalue weighted by Crippen LogP contribution is 2.43. The summed E-state index contributed by atoms with van der Waals surface area (Å²) in [7, 11) is 0. The summed E-state index contributed by atoms with van der Waals surface area (Å²) in [4.78, 5) is 48.4. The minimum atomic E-state index is -5.00. The van der Waals surface area contributed by atoms with Gasteiger partial charge in [0.25, 0.3) is 5.78 Å². The minimum absolute atomic E-state index is 0.0433. The highest BCUT2D eigenvalue weighted by atomic mass is 32.2. The molecule has 0 spiro atoms. The van der Waals surface area contributed by atoms with Crippen molar-refractivity contribution in [2.24, 2.45) is 0 Å². The predicted octanol–water partition coefficient (Wildman–Crippen LogP) is 5.34. The number of carbonyl (C=O) groups is 4. The maximum absolute atomic E-state index is 13.1.